The fourth-order valence-corrected chi connectivity index (χ4v) is 2.02. The molecular formula is C15H14F2N2O2. The van der Waals surface area contributed by atoms with E-state index in [0.29, 0.717) is 11.1 Å². The van der Waals surface area contributed by atoms with Gasteiger partial charge in [-0.05, 0) is 24.6 Å². The van der Waals surface area contributed by atoms with Crippen molar-refractivity contribution in [2.24, 2.45) is 0 Å². The molecule has 2 aromatic carbocycles. The first-order valence-electron chi connectivity index (χ1n) is 6.39. The summed E-state index contributed by atoms with van der Waals surface area (Å²) in [5.74, 6) is -1.19. The van der Waals surface area contributed by atoms with Gasteiger partial charge in [-0.2, -0.15) is 4.39 Å². The van der Waals surface area contributed by atoms with E-state index in [2.05, 4.69) is 5.32 Å². The number of rotatable bonds is 5. The van der Waals surface area contributed by atoms with E-state index in [1.54, 1.807) is 25.1 Å². The number of nitro groups is 1. The molecule has 0 spiro atoms. The molecule has 1 atom stereocenters. The van der Waals surface area contributed by atoms with Crippen molar-refractivity contribution in [2.75, 3.05) is 0 Å². The molecule has 0 saturated heterocycles. The van der Waals surface area contributed by atoms with E-state index < -0.39 is 16.4 Å². The number of hydrogen-bond acceptors (Lipinski definition) is 3. The normalized spacial score (nSPS) is 12.1. The zero-order valence-electron chi connectivity index (χ0n) is 11.3. The van der Waals surface area contributed by atoms with E-state index in [4.69, 9.17) is 0 Å². The third-order valence-corrected chi connectivity index (χ3v) is 3.19. The van der Waals surface area contributed by atoms with Gasteiger partial charge < -0.3 is 5.32 Å². The maximum atomic E-state index is 13.6. The second-order valence-electron chi connectivity index (χ2n) is 4.67. The molecule has 1 unspecified atom stereocenters. The highest BCUT2D eigenvalue weighted by molar-refractivity contribution is 5.35. The summed E-state index contributed by atoms with van der Waals surface area (Å²) in [6.45, 7) is 2.07. The molecule has 1 N–H and O–H groups in total. The first kappa shape index (κ1) is 15.1. The summed E-state index contributed by atoms with van der Waals surface area (Å²) < 4.78 is 27.1. The van der Waals surface area contributed by atoms with Crippen LogP contribution in [0.3, 0.4) is 0 Å². The van der Waals surface area contributed by atoms with E-state index in [9.17, 15) is 18.9 Å². The van der Waals surface area contributed by atoms with Crippen molar-refractivity contribution >= 4 is 5.69 Å². The molecule has 0 saturated carbocycles. The smallest absolute Gasteiger partial charge is 0.304 e. The molecule has 2 aromatic rings. The SMILES string of the molecule is CC(NCc1ccc([N+](=O)[O-])c(F)c1)c1ccccc1F. The quantitative estimate of drug-likeness (QED) is 0.675. The molecule has 2 rings (SSSR count). The first-order chi connectivity index (χ1) is 9.99. The van der Waals surface area contributed by atoms with Crippen molar-refractivity contribution in [2.45, 2.75) is 19.5 Å². The Balaban J connectivity index is 2.05. The van der Waals surface area contributed by atoms with Gasteiger partial charge in [0.2, 0.25) is 5.82 Å². The maximum absolute atomic E-state index is 13.6. The van der Waals surface area contributed by atoms with Gasteiger partial charge in [0.05, 0.1) is 4.92 Å². The van der Waals surface area contributed by atoms with Gasteiger partial charge in [-0.3, -0.25) is 10.1 Å². The predicted octanol–water partition coefficient (Wildman–Crippen LogP) is 3.72. The molecule has 0 heterocycles. The summed E-state index contributed by atoms with van der Waals surface area (Å²) in [5, 5.41) is 13.6. The van der Waals surface area contributed by atoms with Crippen LogP contribution >= 0.6 is 0 Å². The molecule has 0 aliphatic heterocycles. The van der Waals surface area contributed by atoms with E-state index in [1.165, 1.54) is 12.1 Å². The Labute approximate surface area is 120 Å². The summed E-state index contributed by atoms with van der Waals surface area (Å²) in [7, 11) is 0. The van der Waals surface area contributed by atoms with E-state index in [0.717, 1.165) is 12.1 Å². The van der Waals surface area contributed by atoms with E-state index in [1.807, 2.05) is 0 Å². The Morgan fingerprint density at radius 3 is 2.52 bits per heavy atom. The molecule has 6 heteroatoms. The van der Waals surface area contributed by atoms with Crippen LogP contribution in [0.5, 0.6) is 0 Å². The molecular weight excluding hydrogens is 278 g/mol. The lowest BCUT2D eigenvalue weighted by molar-refractivity contribution is -0.387. The van der Waals surface area contributed by atoms with Gasteiger partial charge in [-0.15, -0.1) is 0 Å². The fraction of sp³-hybridized carbons (Fsp3) is 0.200. The number of nitrogens with one attached hydrogen (secondary N) is 1. The summed E-state index contributed by atoms with van der Waals surface area (Å²) in [6.07, 6.45) is 0. The van der Waals surface area contributed by atoms with Crippen LogP contribution in [0, 0.1) is 21.7 Å². The van der Waals surface area contributed by atoms with Crippen LogP contribution in [0.2, 0.25) is 0 Å². The lowest BCUT2D eigenvalue weighted by atomic mass is 10.1. The molecule has 0 amide bonds. The third-order valence-electron chi connectivity index (χ3n) is 3.19. The van der Waals surface area contributed by atoms with Crippen molar-refractivity contribution in [3.63, 3.8) is 0 Å². The molecule has 4 nitrogen and oxygen atoms in total. The topological polar surface area (TPSA) is 55.2 Å². The van der Waals surface area contributed by atoms with E-state index in [-0.39, 0.29) is 18.4 Å². The largest absolute Gasteiger partial charge is 0.306 e. The van der Waals surface area contributed by atoms with Crippen molar-refractivity contribution in [3.05, 3.63) is 75.3 Å². The highest BCUT2D eigenvalue weighted by Crippen LogP contribution is 2.20. The molecule has 0 aliphatic rings. The van der Waals surface area contributed by atoms with Crippen molar-refractivity contribution in [1.82, 2.24) is 5.32 Å². The van der Waals surface area contributed by atoms with Crippen molar-refractivity contribution in [1.29, 1.82) is 0 Å². The van der Waals surface area contributed by atoms with Crippen LogP contribution in [-0.4, -0.2) is 4.92 Å². The minimum Gasteiger partial charge on any atom is -0.306 e. The lowest BCUT2D eigenvalue weighted by Gasteiger charge is -2.15. The van der Waals surface area contributed by atoms with Crippen LogP contribution in [0.1, 0.15) is 24.1 Å². The van der Waals surface area contributed by atoms with E-state index >= 15 is 0 Å². The van der Waals surface area contributed by atoms with Gasteiger partial charge in [0, 0.05) is 24.2 Å². The number of hydrogen-bond donors (Lipinski definition) is 1. The summed E-state index contributed by atoms with van der Waals surface area (Å²) in [4.78, 5) is 9.76. The Morgan fingerprint density at radius 2 is 1.90 bits per heavy atom. The summed E-state index contributed by atoms with van der Waals surface area (Å²) in [6, 6.07) is 9.84. The second-order valence-corrected chi connectivity index (χ2v) is 4.67. The number of halogens is 2. The average Bonchev–Trinajstić information content (AvgIpc) is 2.45. The van der Waals surface area contributed by atoms with Crippen molar-refractivity contribution in [3.8, 4) is 0 Å². The van der Waals surface area contributed by atoms with Gasteiger partial charge in [0.25, 0.3) is 0 Å². The molecule has 21 heavy (non-hydrogen) atoms. The third kappa shape index (κ3) is 3.61. The highest BCUT2D eigenvalue weighted by Gasteiger charge is 2.14. The minimum absolute atomic E-state index is 0.260. The standard InChI is InChI=1S/C15H14F2N2O2/c1-10(12-4-2-3-5-13(12)16)18-9-11-6-7-15(19(20)21)14(17)8-11/h2-8,10,18H,9H2,1H3. The monoisotopic (exact) mass is 292 g/mol. The van der Waals surface area contributed by atoms with Crippen LogP contribution in [0.4, 0.5) is 14.5 Å². The zero-order valence-corrected chi connectivity index (χ0v) is 11.3. The molecule has 0 radical (unpaired) electrons. The Hall–Kier alpha value is -2.34. The molecule has 0 aliphatic carbocycles. The molecule has 110 valence electrons. The predicted molar refractivity (Wildman–Crippen MR) is 74.7 cm³/mol. The second kappa shape index (κ2) is 6.41. The number of nitrogens with zero attached hydrogens (tertiary/aromatic N) is 1. The molecule has 0 aromatic heterocycles. The zero-order chi connectivity index (χ0) is 15.4. The van der Waals surface area contributed by atoms with Crippen molar-refractivity contribution < 1.29 is 13.7 Å². The van der Waals surface area contributed by atoms with Crippen LogP contribution in [0.15, 0.2) is 42.5 Å². The number of nitro benzene ring substituents is 1. The first-order valence-corrected chi connectivity index (χ1v) is 6.39. The van der Waals surface area contributed by atoms with Gasteiger partial charge in [-0.1, -0.05) is 24.3 Å². The number of benzene rings is 2. The lowest BCUT2D eigenvalue weighted by Crippen LogP contribution is -2.19. The van der Waals surface area contributed by atoms with Gasteiger partial charge in [0.15, 0.2) is 0 Å². The van der Waals surface area contributed by atoms with Gasteiger partial charge in [0.1, 0.15) is 5.82 Å². The van der Waals surface area contributed by atoms with Gasteiger partial charge in [-0.25, -0.2) is 4.39 Å². The average molecular weight is 292 g/mol. The summed E-state index contributed by atoms with van der Waals surface area (Å²) in [5.41, 5.74) is 0.516. The van der Waals surface area contributed by atoms with Crippen LogP contribution < -0.4 is 5.32 Å². The Morgan fingerprint density at radius 1 is 1.19 bits per heavy atom. The Kier molecular flexibility index (Phi) is 4.59. The fourth-order valence-electron chi connectivity index (χ4n) is 2.02. The van der Waals surface area contributed by atoms with Gasteiger partial charge >= 0.3 is 5.69 Å². The minimum atomic E-state index is -0.877. The Bertz CT molecular complexity index is 662. The molecule has 0 bridgehead atoms. The summed E-state index contributed by atoms with van der Waals surface area (Å²) >= 11 is 0. The highest BCUT2D eigenvalue weighted by atomic mass is 19.1. The maximum Gasteiger partial charge on any atom is 0.304 e. The van der Waals surface area contributed by atoms with Crippen LogP contribution in [0.25, 0.3) is 0 Å². The molecule has 0 fully saturated rings. The van der Waals surface area contributed by atoms with Crippen LogP contribution in [-0.2, 0) is 6.54 Å².